The number of thiazole rings is 1. The average Bonchev–Trinajstić information content (AvgIpc) is 3.29. The summed E-state index contributed by atoms with van der Waals surface area (Å²) in [5.74, 6) is 1.27. The predicted octanol–water partition coefficient (Wildman–Crippen LogP) is 3.89. The molecule has 0 aliphatic heterocycles. The lowest BCUT2D eigenvalue weighted by atomic mass is 10.3. The summed E-state index contributed by atoms with van der Waals surface area (Å²) in [6.07, 6.45) is 3.54. The van der Waals surface area contributed by atoms with E-state index in [0.29, 0.717) is 16.6 Å². The van der Waals surface area contributed by atoms with Gasteiger partial charge >= 0.3 is 0 Å². The van der Waals surface area contributed by atoms with Gasteiger partial charge in [0.1, 0.15) is 0 Å². The third-order valence-corrected chi connectivity index (χ3v) is 5.04. The molecule has 0 aliphatic carbocycles. The largest absolute Gasteiger partial charge is 0.493 e. The number of hydrogen-bond donors (Lipinski definition) is 2. The number of benzene rings is 1. The Labute approximate surface area is 173 Å². The molecule has 0 saturated heterocycles. The van der Waals surface area contributed by atoms with Gasteiger partial charge in [-0.1, -0.05) is 0 Å². The summed E-state index contributed by atoms with van der Waals surface area (Å²) in [5, 5.41) is 10.6. The van der Waals surface area contributed by atoms with E-state index >= 15 is 0 Å². The molecule has 146 valence electrons. The van der Waals surface area contributed by atoms with Gasteiger partial charge in [0.2, 0.25) is 0 Å². The van der Waals surface area contributed by atoms with Gasteiger partial charge in [-0.15, -0.1) is 11.3 Å². The third-order valence-electron chi connectivity index (χ3n) is 4.09. The highest BCUT2D eigenvalue weighted by atomic mass is 32.1. The lowest BCUT2D eigenvalue weighted by molar-refractivity contribution is 0.355. The molecule has 0 spiro atoms. The van der Waals surface area contributed by atoms with Crippen LogP contribution in [0.15, 0.2) is 40.9 Å². The van der Waals surface area contributed by atoms with Crippen molar-refractivity contribution >= 4 is 40.6 Å². The molecular weight excluding hydrogens is 394 g/mol. The second kappa shape index (κ2) is 8.85. The lowest BCUT2D eigenvalue weighted by Crippen LogP contribution is -2.23. The fourth-order valence-electron chi connectivity index (χ4n) is 2.77. The van der Waals surface area contributed by atoms with Crippen LogP contribution in [0.4, 0.5) is 5.69 Å². The molecule has 9 heteroatoms. The molecular formula is C19H21N5O2S2. The maximum Gasteiger partial charge on any atom is 0.193 e. The highest BCUT2D eigenvalue weighted by Gasteiger charge is 2.11. The first-order valence-corrected chi connectivity index (χ1v) is 9.73. The summed E-state index contributed by atoms with van der Waals surface area (Å²) in [4.78, 5) is 4.37. The van der Waals surface area contributed by atoms with Crippen molar-refractivity contribution in [1.29, 1.82) is 0 Å². The zero-order valence-corrected chi connectivity index (χ0v) is 17.6. The second-order valence-corrected chi connectivity index (χ2v) is 7.15. The smallest absolute Gasteiger partial charge is 0.193 e. The molecule has 0 radical (unpaired) electrons. The average molecular weight is 416 g/mol. The van der Waals surface area contributed by atoms with E-state index < -0.39 is 0 Å². The van der Waals surface area contributed by atoms with Crippen molar-refractivity contribution in [3.63, 3.8) is 0 Å². The van der Waals surface area contributed by atoms with E-state index in [4.69, 9.17) is 21.7 Å². The van der Waals surface area contributed by atoms with Gasteiger partial charge in [0.25, 0.3) is 0 Å². The summed E-state index contributed by atoms with van der Waals surface area (Å²) in [6.45, 7) is 4.08. The topological polar surface area (TPSA) is 72.7 Å². The molecule has 0 bridgehead atoms. The number of aryl methyl sites for hydroxylation is 1. The van der Waals surface area contributed by atoms with Gasteiger partial charge in [-0.2, -0.15) is 5.10 Å². The van der Waals surface area contributed by atoms with Crippen molar-refractivity contribution < 1.29 is 9.47 Å². The summed E-state index contributed by atoms with van der Waals surface area (Å²) in [6, 6.07) is 7.52. The van der Waals surface area contributed by atoms with Crippen LogP contribution in [-0.2, 0) is 0 Å². The molecule has 0 amide bonds. The van der Waals surface area contributed by atoms with Crippen LogP contribution < -0.4 is 20.2 Å². The molecule has 0 saturated carbocycles. The first kappa shape index (κ1) is 19.8. The number of ether oxygens (including phenoxy) is 2. The predicted molar refractivity (Wildman–Crippen MR) is 117 cm³/mol. The molecule has 3 rings (SSSR count). The Morgan fingerprint density at radius 1 is 1.21 bits per heavy atom. The van der Waals surface area contributed by atoms with Gasteiger partial charge in [0, 0.05) is 40.3 Å². The fraction of sp³-hybridized carbons (Fsp3) is 0.211. The first-order valence-electron chi connectivity index (χ1n) is 8.44. The van der Waals surface area contributed by atoms with Crippen LogP contribution in [-0.4, -0.2) is 35.1 Å². The van der Waals surface area contributed by atoms with Crippen LogP contribution in [0.1, 0.15) is 17.0 Å². The van der Waals surface area contributed by atoms with Crippen LogP contribution in [0.2, 0.25) is 0 Å². The Balaban J connectivity index is 1.65. The molecule has 28 heavy (non-hydrogen) atoms. The molecule has 0 atom stereocenters. The molecule has 2 N–H and O–H groups in total. The minimum absolute atomic E-state index is 0.372. The molecule has 2 heterocycles. The number of nitrogens with zero attached hydrogens (tertiary/aromatic N) is 3. The molecule has 7 nitrogen and oxygen atoms in total. The molecule has 3 aromatic rings. The van der Waals surface area contributed by atoms with E-state index in [2.05, 4.69) is 31.5 Å². The van der Waals surface area contributed by atoms with E-state index in [1.807, 2.05) is 25.3 Å². The van der Waals surface area contributed by atoms with Crippen molar-refractivity contribution in [3.8, 4) is 16.6 Å². The normalized spacial score (nSPS) is 10.9. The van der Waals surface area contributed by atoms with E-state index in [9.17, 15) is 0 Å². The zero-order valence-electron chi connectivity index (χ0n) is 16.0. The molecule has 1 aromatic carbocycles. The summed E-state index contributed by atoms with van der Waals surface area (Å²) < 4.78 is 12.6. The minimum Gasteiger partial charge on any atom is -0.493 e. The van der Waals surface area contributed by atoms with Crippen LogP contribution in [0.5, 0.6) is 11.5 Å². The number of nitrogens with one attached hydrogen (secondary N) is 2. The van der Waals surface area contributed by atoms with Crippen LogP contribution in [0.3, 0.4) is 0 Å². The van der Waals surface area contributed by atoms with Gasteiger partial charge in [-0.25, -0.2) is 4.98 Å². The maximum atomic E-state index is 5.30. The Hall–Kier alpha value is -2.91. The van der Waals surface area contributed by atoms with Gasteiger partial charge in [-0.3, -0.25) is 9.99 Å². The maximum absolute atomic E-state index is 5.30. The van der Waals surface area contributed by atoms with Crippen molar-refractivity contribution in [3.05, 3.63) is 52.8 Å². The van der Waals surface area contributed by atoms with E-state index in [1.54, 1.807) is 50.1 Å². The quantitative estimate of drug-likeness (QED) is 0.362. The van der Waals surface area contributed by atoms with Crippen LogP contribution >= 0.6 is 23.6 Å². The standard InChI is InChI=1S/C19H21N5O2S2/c1-12-9-14(13(2)24(12)19-20-7-8-28-19)11-21-23-18(27)22-15-5-6-16(25-3)17(10-15)26-4/h5-11H,1-4H3,(H2,22,23,27)/b21-11-. The van der Waals surface area contributed by atoms with E-state index in [0.717, 1.165) is 27.8 Å². The highest BCUT2D eigenvalue weighted by Crippen LogP contribution is 2.29. The summed E-state index contributed by atoms with van der Waals surface area (Å²) in [5.41, 5.74) is 6.76. The number of methoxy groups -OCH3 is 2. The Morgan fingerprint density at radius 3 is 2.68 bits per heavy atom. The molecule has 0 unspecified atom stereocenters. The van der Waals surface area contributed by atoms with Crippen LogP contribution in [0.25, 0.3) is 5.13 Å². The Morgan fingerprint density at radius 2 is 2.00 bits per heavy atom. The van der Waals surface area contributed by atoms with Crippen molar-refractivity contribution in [2.75, 3.05) is 19.5 Å². The number of rotatable bonds is 6. The lowest BCUT2D eigenvalue weighted by Gasteiger charge is -2.11. The Bertz CT molecular complexity index is 996. The number of thiocarbonyl (C=S) groups is 1. The number of hydrogen-bond acceptors (Lipinski definition) is 6. The van der Waals surface area contributed by atoms with E-state index in [1.165, 1.54) is 0 Å². The molecule has 0 fully saturated rings. The monoisotopic (exact) mass is 415 g/mol. The number of anilines is 1. The fourth-order valence-corrected chi connectivity index (χ4v) is 3.69. The SMILES string of the molecule is COc1ccc(NC(=S)N/N=C\c2cc(C)n(-c3nccs3)c2C)cc1OC. The third kappa shape index (κ3) is 4.32. The van der Waals surface area contributed by atoms with Gasteiger partial charge < -0.3 is 14.8 Å². The highest BCUT2D eigenvalue weighted by molar-refractivity contribution is 7.80. The van der Waals surface area contributed by atoms with Crippen molar-refractivity contribution in [2.24, 2.45) is 5.10 Å². The van der Waals surface area contributed by atoms with E-state index in [-0.39, 0.29) is 0 Å². The van der Waals surface area contributed by atoms with Crippen LogP contribution in [0, 0.1) is 13.8 Å². The summed E-state index contributed by atoms with van der Waals surface area (Å²) in [7, 11) is 3.18. The first-order chi connectivity index (χ1) is 13.5. The van der Waals surface area contributed by atoms with Crippen molar-refractivity contribution in [2.45, 2.75) is 13.8 Å². The van der Waals surface area contributed by atoms with Crippen molar-refractivity contribution in [1.82, 2.24) is 15.0 Å². The number of aromatic nitrogens is 2. The molecule has 2 aromatic heterocycles. The van der Waals surface area contributed by atoms with Gasteiger partial charge in [0.15, 0.2) is 21.7 Å². The number of hydrazone groups is 1. The molecule has 0 aliphatic rings. The zero-order chi connectivity index (χ0) is 20.1. The summed E-state index contributed by atoms with van der Waals surface area (Å²) >= 11 is 6.89. The van der Waals surface area contributed by atoms with Gasteiger partial charge in [0.05, 0.1) is 20.4 Å². The van der Waals surface area contributed by atoms with Gasteiger partial charge in [-0.05, 0) is 44.3 Å². The second-order valence-electron chi connectivity index (χ2n) is 5.87. The minimum atomic E-state index is 0.372. The Kier molecular flexibility index (Phi) is 6.27.